The fourth-order valence-electron chi connectivity index (χ4n) is 2.88. The lowest BCUT2D eigenvalue weighted by Gasteiger charge is -2.07. The summed E-state index contributed by atoms with van der Waals surface area (Å²) in [6.45, 7) is 1.05. The monoisotopic (exact) mass is 257 g/mol. The summed E-state index contributed by atoms with van der Waals surface area (Å²) in [5.74, 6) is 0.281. The summed E-state index contributed by atoms with van der Waals surface area (Å²) in [5, 5.41) is 8.94. The van der Waals surface area contributed by atoms with Crippen molar-refractivity contribution >= 4 is 16.7 Å². The minimum Gasteiger partial charge on any atom is -0.314 e. The number of nitrogens with one attached hydrogen (secondary N) is 1. The summed E-state index contributed by atoms with van der Waals surface area (Å²) in [5.41, 5.74) is 1.99. The highest BCUT2D eigenvalue weighted by Gasteiger charge is 2.19. The second-order valence-corrected chi connectivity index (χ2v) is 5.30. The van der Waals surface area contributed by atoms with Crippen LogP contribution in [0.1, 0.15) is 25.0 Å². The molecule has 4 nitrogen and oxygen atoms in total. The second kappa shape index (κ2) is 5.13. The molecule has 0 amide bonds. The van der Waals surface area contributed by atoms with Gasteiger partial charge in [0, 0.05) is 24.9 Å². The van der Waals surface area contributed by atoms with Crippen LogP contribution < -0.4 is 5.32 Å². The number of carbonyl (C=O) groups excluding carboxylic acids is 1. The number of carbonyl (C=O) groups is 1. The van der Waals surface area contributed by atoms with Crippen LogP contribution in [0.25, 0.3) is 10.9 Å². The van der Waals surface area contributed by atoms with Gasteiger partial charge in [0.05, 0.1) is 17.6 Å². The number of para-hydroxylation sites is 1. The number of ketones is 1. The molecule has 1 N–H and O–H groups in total. The van der Waals surface area contributed by atoms with Gasteiger partial charge in [0.25, 0.3) is 0 Å². The van der Waals surface area contributed by atoms with Crippen LogP contribution in [0.15, 0.2) is 24.3 Å². The van der Waals surface area contributed by atoms with Gasteiger partial charge in [-0.3, -0.25) is 9.48 Å². The van der Waals surface area contributed by atoms with E-state index in [4.69, 9.17) is 0 Å². The molecule has 1 aromatic heterocycles. The third-order valence-corrected chi connectivity index (χ3v) is 3.84. The smallest absolute Gasteiger partial charge is 0.140 e. The van der Waals surface area contributed by atoms with Gasteiger partial charge in [-0.05, 0) is 25.5 Å². The number of nitrogens with zero attached hydrogens (tertiary/aromatic N) is 2. The van der Waals surface area contributed by atoms with Crippen LogP contribution in [0, 0.1) is 0 Å². The summed E-state index contributed by atoms with van der Waals surface area (Å²) in [6, 6.07) is 8.45. The second-order valence-electron chi connectivity index (χ2n) is 5.30. The molecule has 0 bridgehead atoms. The molecule has 2 aromatic rings. The molecule has 100 valence electrons. The number of aromatic nitrogens is 2. The zero-order valence-electron chi connectivity index (χ0n) is 11.2. The van der Waals surface area contributed by atoms with E-state index in [1.54, 1.807) is 0 Å². The van der Waals surface area contributed by atoms with Crippen molar-refractivity contribution in [3.63, 3.8) is 0 Å². The van der Waals surface area contributed by atoms with Crippen LogP contribution in [0.4, 0.5) is 0 Å². The first-order valence-corrected chi connectivity index (χ1v) is 6.90. The zero-order chi connectivity index (χ0) is 13.2. The Labute approximate surface area is 112 Å². The van der Waals surface area contributed by atoms with Crippen LogP contribution in [0.5, 0.6) is 0 Å². The normalized spacial score (nSPS) is 19.1. The Morgan fingerprint density at radius 3 is 3.11 bits per heavy atom. The standard InChI is InChI=1S/C15H19N3O/c1-18-15-7-3-2-6-13(15)14(17-18)10-12(19)9-11-5-4-8-16-11/h2-3,6-7,11,16H,4-5,8-10H2,1H3. The molecule has 2 heterocycles. The molecule has 1 atom stereocenters. The van der Waals surface area contributed by atoms with Gasteiger partial charge in [-0.25, -0.2) is 0 Å². The van der Waals surface area contributed by atoms with E-state index in [-0.39, 0.29) is 5.78 Å². The maximum absolute atomic E-state index is 12.1. The van der Waals surface area contributed by atoms with Crippen molar-refractivity contribution in [2.45, 2.75) is 31.7 Å². The van der Waals surface area contributed by atoms with Crippen molar-refractivity contribution in [3.05, 3.63) is 30.0 Å². The molecule has 19 heavy (non-hydrogen) atoms. The largest absolute Gasteiger partial charge is 0.314 e. The molecule has 1 aliphatic heterocycles. The molecule has 1 aromatic carbocycles. The van der Waals surface area contributed by atoms with Gasteiger partial charge >= 0.3 is 0 Å². The Kier molecular flexibility index (Phi) is 3.34. The molecule has 0 spiro atoms. The van der Waals surface area contributed by atoms with Crippen LogP contribution in [-0.2, 0) is 18.3 Å². The average molecular weight is 257 g/mol. The molecule has 0 radical (unpaired) electrons. The molecular formula is C15H19N3O. The molecule has 3 rings (SSSR count). The van der Waals surface area contributed by atoms with Gasteiger partial charge in [0.1, 0.15) is 5.78 Å². The summed E-state index contributed by atoms with van der Waals surface area (Å²) in [4.78, 5) is 12.1. The van der Waals surface area contributed by atoms with E-state index in [9.17, 15) is 4.79 Å². The van der Waals surface area contributed by atoms with Crippen LogP contribution >= 0.6 is 0 Å². The Morgan fingerprint density at radius 1 is 1.47 bits per heavy atom. The molecule has 1 aliphatic rings. The van der Waals surface area contributed by atoms with Gasteiger partial charge in [0.2, 0.25) is 0 Å². The van der Waals surface area contributed by atoms with Gasteiger partial charge in [-0.2, -0.15) is 5.10 Å². The van der Waals surface area contributed by atoms with E-state index in [1.165, 1.54) is 6.42 Å². The van der Waals surface area contributed by atoms with Crippen molar-refractivity contribution in [3.8, 4) is 0 Å². The summed E-state index contributed by atoms with van der Waals surface area (Å²) in [6.07, 6.45) is 3.38. The molecule has 1 unspecified atom stereocenters. The average Bonchev–Trinajstić information content (AvgIpc) is 3.00. The van der Waals surface area contributed by atoms with E-state index < -0.39 is 0 Å². The lowest BCUT2D eigenvalue weighted by molar-refractivity contribution is -0.118. The van der Waals surface area contributed by atoms with Gasteiger partial charge in [-0.15, -0.1) is 0 Å². The quantitative estimate of drug-likeness (QED) is 0.909. The van der Waals surface area contributed by atoms with Crippen molar-refractivity contribution in [1.82, 2.24) is 15.1 Å². The highest BCUT2D eigenvalue weighted by atomic mass is 16.1. The van der Waals surface area contributed by atoms with Crippen molar-refractivity contribution in [2.24, 2.45) is 7.05 Å². The van der Waals surface area contributed by atoms with Crippen LogP contribution in [0.2, 0.25) is 0 Å². The van der Waals surface area contributed by atoms with Crippen molar-refractivity contribution in [2.75, 3.05) is 6.54 Å². The van der Waals surface area contributed by atoms with E-state index >= 15 is 0 Å². The molecule has 4 heteroatoms. The first kappa shape index (κ1) is 12.4. The van der Waals surface area contributed by atoms with E-state index in [2.05, 4.69) is 10.4 Å². The number of Topliss-reactive ketones (excluding diaryl/α,β-unsaturated/α-hetero) is 1. The van der Waals surface area contributed by atoms with Gasteiger partial charge in [-0.1, -0.05) is 18.2 Å². The number of benzene rings is 1. The lowest BCUT2D eigenvalue weighted by atomic mass is 10.0. The van der Waals surface area contributed by atoms with Crippen molar-refractivity contribution < 1.29 is 4.79 Å². The Hall–Kier alpha value is -1.68. The van der Waals surface area contributed by atoms with Crippen LogP contribution in [0.3, 0.4) is 0 Å². The Bertz CT molecular complexity index is 596. The molecule has 1 fully saturated rings. The summed E-state index contributed by atoms with van der Waals surface area (Å²) >= 11 is 0. The first-order chi connectivity index (χ1) is 9.24. The van der Waals surface area contributed by atoms with Crippen LogP contribution in [-0.4, -0.2) is 28.2 Å². The summed E-state index contributed by atoms with van der Waals surface area (Å²) in [7, 11) is 1.93. The number of aryl methyl sites for hydroxylation is 1. The summed E-state index contributed by atoms with van der Waals surface area (Å²) < 4.78 is 1.85. The Morgan fingerprint density at radius 2 is 2.32 bits per heavy atom. The third kappa shape index (κ3) is 2.54. The van der Waals surface area contributed by atoms with Gasteiger partial charge in [0.15, 0.2) is 0 Å². The fourth-order valence-corrected chi connectivity index (χ4v) is 2.88. The van der Waals surface area contributed by atoms with Crippen molar-refractivity contribution in [1.29, 1.82) is 0 Å². The third-order valence-electron chi connectivity index (χ3n) is 3.84. The highest BCUT2D eigenvalue weighted by molar-refractivity contribution is 5.88. The molecule has 0 aliphatic carbocycles. The minimum atomic E-state index is 0.281. The molecular weight excluding hydrogens is 238 g/mol. The Balaban J connectivity index is 1.75. The minimum absolute atomic E-state index is 0.281. The van der Waals surface area contributed by atoms with E-state index in [0.29, 0.717) is 18.9 Å². The number of fused-ring (bicyclic) bond motifs is 1. The topological polar surface area (TPSA) is 46.9 Å². The number of hydrogen-bond donors (Lipinski definition) is 1. The predicted octanol–water partition coefficient (Wildman–Crippen LogP) is 1.83. The zero-order valence-corrected chi connectivity index (χ0v) is 11.2. The highest BCUT2D eigenvalue weighted by Crippen LogP contribution is 2.19. The SMILES string of the molecule is Cn1nc(CC(=O)CC2CCCN2)c2ccccc21. The first-order valence-electron chi connectivity index (χ1n) is 6.90. The van der Waals surface area contributed by atoms with Gasteiger partial charge < -0.3 is 5.32 Å². The maximum atomic E-state index is 12.1. The molecule has 1 saturated heterocycles. The predicted molar refractivity (Wildman–Crippen MR) is 75.1 cm³/mol. The fraction of sp³-hybridized carbons (Fsp3) is 0.467. The number of rotatable bonds is 4. The van der Waals surface area contributed by atoms with E-state index in [1.807, 2.05) is 36.0 Å². The van der Waals surface area contributed by atoms with E-state index in [0.717, 1.165) is 29.6 Å². The maximum Gasteiger partial charge on any atom is 0.140 e. The molecule has 0 saturated carbocycles. The number of hydrogen-bond acceptors (Lipinski definition) is 3. The lowest BCUT2D eigenvalue weighted by Crippen LogP contribution is -2.25.